The van der Waals surface area contributed by atoms with Gasteiger partial charge in [-0.15, -0.1) is 11.3 Å². The van der Waals surface area contributed by atoms with Gasteiger partial charge < -0.3 is 20.1 Å². The van der Waals surface area contributed by atoms with Crippen molar-refractivity contribution in [1.29, 1.82) is 0 Å². The summed E-state index contributed by atoms with van der Waals surface area (Å²) in [6.45, 7) is 9.90. The molecular weight excluding hydrogens is 450 g/mol. The van der Waals surface area contributed by atoms with Crippen LogP contribution in [0.1, 0.15) is 48.0 Å². The zero-order valence-electron chi connectivity index (χ0n) is 20.5. The maximum Gasteiger partial charge on any atom is 0.258 e. The Bertz CT molecular complexity index is 1020. The Morgan fingerprint density at radius 3 is 2.50 bits per heavy atom. The summed E-state index contributed by atoms with van der Waals surface area (Å²) in [5.41, 5.74) is 2.59. The number of amides is 2. The van der Waals surface area contributed by atoms with E-state index in [0.29, 0.717) is 41.9 Å². The summed E-state index contributed by atoms with van der Waals surface area (Å²) in [5, 5.41) is 6.74. The molecule has 34 heavy (non-hydrogen) atoms. The number of morpholine rings is 1. The van der Waals surface area contributed by atoms with Crippen LogP contribution in [0, 0.1) is 11.3 Å². The highest BCUT2D eigenvalue weighted by Gasteiger charge is 2.34. The topological polar surface area (TPSA) is 79.9 Å². The number of benzene rings is 1. The first kappa shape index (κ1) is 24.7. The fraction of sp³-hybridized carbons (Fsp3) is 0.538. The lowest BCUT2D eigenvalue weighted by Gasteiger charge is -2.33. The molecule has 1 aliphatic carbocycles. The predicted molar refractivity (Wildman–Crippen MR) is 136 cm³/mol. The SMILES string of the molecule is COc1ccc(NC(=O)c2c(NC(=O)CN3CCOCC3)sc3c2CCC(C(C)(C)C)C3)cc1. The van der Waals surface area contributed by atoms with Crippen LogP contribution in [0.5, 0.6) is 5.75 Å². The van der Waals surface area contributed by atoms with Crippen LogP contribution in [0.4, 0.5) is 10.7 Å². The number of thiophene rings is 1. The highest BCUT2D eigenvalue weighted by Crippen LogP contribution is 2.44. The third-order valence-electron chi connectivity index (χ3n) is 6.79. The molecular formula is C26H35N3O4S. The number of rotatable bonds is 6. The summed E-state index contributed by atoms with van der Waals surface area (Å²) >= 11 is 1.56. The lowest BCUT2D eigenvalue weighted by atomic mass is 9.72. The second-order valence-corrected chi connectivity index (χ2v) is 11.2. The summed E-state index contributed by atoms with van der Waals surface area (Å²) in [6, 6.07) is 7.28. The molecule has 2 aliphatic rings. The molecule has 2 N–H and O–H groups in total. The van der Waals surface area contributed by atoms with E-state index in [0.717, 1.165) is 43.7 Å². The number of hydrogen-bond donors (Lipinski definition) is 2. The first-order valence-electron chi connectivity index (χ1n) is 11.9. The van der Waals surface area contributed by atoms with Gasteiger partial charge >= 0.3 is 0 Å². The number of nitrogens with one attached hydrogen (secondary N) is 2. The van der Waals surface area contributed by atoms with Crippen molar-refractivity contribution in [2.24, 2.45) is 11.3 Å². The van der Waals surface area contributed by atoms with Crippen LogP contribution in [-0.4, -0.2) is 56.7 Å². The molecule has 0 spiro atoms. The van der Waals surface area contributed by atoms with Crippen LogP contribution < -0.4 is 15.4 Å². The average Bonchev–Trinajstić information content (AvgIpc) is 3.16. The molecule has 8 heteroatoms. The molecule has 184 valence electrons. The Kier molecular flexibility index (Phi) is 7.60. The van der Waals surface area contributed by atoms with Gasteiger partial charge in [0.2, 0.25) is 5.91 Å². The minimum atomic E-state index is -0.182. The van der Waals surface area contributed by atoms with E-state index in [4.69, 9.17) is 9.47 Å². The molecule has 1 aromatic carbocycles. The van der Waals surface area contributed by atoms with Crippen LogP contribution in [-0.2, 0) is 22.4 Å². The van der Waals surface area contributed by atoms with Gasteiger partial charge in [0, 0.05) is 23.7 Å². The number of ether oxygens (including phenoxy) is 2. The summed E-state index contributed by atoms with van der Waals surface area (Å²) in [5.74, 6) is 1.01. The molecule has 1 unspecified atom stereocenters. The van der Waals surface area contributed by atoms with Gasteiger partial charge in [0.15, 0.2) is 0 Å². The van der Waals surface area contributed by atoms with Crippen LogP contribution >= 0.6 is 11.3 Å². The number of hydrogen-bond acceptors (Lipinski definition) is 6. The van der Waals surface area contributed by atoms with Crippen molar-refractivity contribution in [2.75, 3.05) is 50.6 Å². The number of carbonyl (C=O) groups excluding carboxylic acids is 2. The Hall–Kier alpha value is -2.42. The molecule has 7 nitrogen and oxygen atoms in total. The van der Waals surface area contributed by atoms with Gasteiger partial charge in [-0.25, -0.2) is 0 Å². The van der Waals surface area contributed by atoms with Gasteiger partial charge in [0.1, 0.15) is 10.8 Å². The quantitative estimate of drug-likeness (QED) is 0.633. The lowest BCUT2D eigenvalue weighted by Crippen LogP contribution is -2.41. The van der Waals surface area contributed by atoms with Crippen molar-refractivity contribution < 1.29 is 19.1 Å². The Balaban J connectivity index is 1.57. The fourth-order valence-electron chi connectivity index (χ4n) is 4.65. The molecule has 2 aromatic rings. The number of methoxy groups -OCH3 is 1. The summed E-state index contributed by atoms with van der Waals surface area (Å²) < 4.78 is 10.6. The second-order valence-electron chi connectivity index (χ2n) is 10.1. The van der Waals surface area contributed by atoms with Crippen LogP contribution in [0.25, 0.3) is 0 Å². The monoisotopic (exact) mass is 485 g/mol. The van der Waals surface area contributed by atoms with Gasteiger partial charge in [-0.2, -0.15) is 0 Å². The largest absolute Gasteiger partial charge is 0.497 e. The fourth-order valence-corrected chi connectivity index (χ4v) is 5.99. The normalized spacial score (nSPS) is 18.8. The minimum Gasteiger partial charge on any atom is -0.497 e. The Labute approximate surface area is 205 Å². The van der Waals surface area contributed by atoms with E-state index < -0.39 is 0 Å². The van der Waals surface area contributed by atoms with Crippen LogP contribution in [0.2, 0.25) is 0 Å². The number of anilines is 2. The smallest absolute Gasteiger partial charge is 0.258 e. The van der Waals surface area contributed by atoms with Gasteiger partial charge in [-0.05, 0) is 60.4 Å². The molecule has 1 fully saturated rings. The number of carbonyl (C=O) groups is 2. The lowest BCUT2D eigenvalue weighted by molar-refractivity contribution is -0.118. The van der Waals surface area contributed by atoms with Crippen LogP contribution in [0.3, 0.4) is 0 Å². The minimum absolute atomic E-state index is 0.0913. The van der Waals surface area contributed by atoms with E-state index in [2.05, 4.69) is 36.3 Å². The Morgan fingerprint density at radius 1 is 1.15 bits per heavy atom. The molecule has 1 atom stereocenters. The van der Waals surface area contributed by atoms with Crippen LogP contribution in [0.15, 0.2) is 24.3 Å². The third-order valence-corrected chi connectivity index (χ3v) is 7.96. The van der Waals surface area contributed by atoms with Gasteiger partial charge in [-0.1, -0.05) is 20.8 Å². The van der Waals surface area contributed by atoms with Crippen molar-refractivity contribution in [3.8, 4) is 5.75 Å². The first-order valence-corrected chi connectivity index (χ1v) is 12.8. The van der Waals surface area contributed by atoms with Crippen molar-refractivity contribution in [1.82, 2.24) is 4.90 Å². The standard InChI is InChI=1S/C26H35N3O4S/c1-26(2,3)17-5-10-20-21(15-17)34-25(28-22(30)16-29-11-13-33-14-12-29)23(20)24(31)27-18-6-8-19(32-4)9-7-18/h6-9,17H,5,10-16H2,1-4H3,(H,27,31)(H,28,30). The molecule has 4 rings (SSSR count). The van der Waals surface area contributed by atoms with Gasteiger partial charge in [0.25, 0.3) is 5.91 Å². The van der Waals surface area contributed by atoms with Crippen molar-refractivity contribution >= 4 is 33.8 Å². The molecule has 1 aromatic heterocycles. The molecule has 1 saturated heterocycles. The van der Waals surface area contributed by atoms with E-state index >= 15 is 0 Å². The second kappa shape index (κ2) is 10.5. The maximum atomic E-state index is 13.5. The molecule has 2 heterocycles. The van der Waals surface area contributed by atoms with Gasteiger partial charge in [0.05, 0.1) is 32.4 Å². The van der Waals surface area contributed by atoms with E-state index in [-0.39, 0.29) is 17.2 Å². The van der Waals surface area contributed by atoms with E-state index in [1.165, 1.54) is 4.88 Å². The zero-order chi connectivity index (χ0) is 24.3. The summed E-state index contributed by atoms with van der Waals surface area (Å²) in [6.07, 6.45) is 2.82. The number of fused-ring (bicyclic) bond motifs is 1. The molecule has 0 radical (unpaired) electrons. The maximum absolute atomic E-state index is 13.5. The van der Waals surface area contributed by atoms with Crippen molar-refractivity contribution in [3.63, 3.8) is 0 Å². The summed E-state index contributed by atoms with van der Waals surface area (Å²) in [4.78, 5) is 29.6. The molecule has 1 aliphatic heterocycles. The zero-order valence-corrected chi connectivity index (χ0v) is 21.3. The Morgan fingerprint density at radius 2 is 1.85 bits per heavy atom. The first-order chi connectivity index (χ1) is 16.2. The predicted octanol–water partition coefficient (Wildman–Crippen LogP) is 4.43. The highest BCUT2D eigenvalue weighted by molar-refractivity contribution is 7.17. The number of nitrogens with zero attached hydrogens (tertiary/aromatic N) is 1. The average molecular weight is 486 g/mol. The molecule has 2 amide bonds. The van der Waals surface area contributed by atoms with Gasteiger partial charge in [-0.3, -0.25) is 14.5 Å². The third kappa shape index (κ3) is 5.79. The van der Waals surface area contributed by atoms with Crippen molar-refractivity contribution in [2.45, 2.75) is 40.0 Å². The van der Waals surface area contributed by atoms with Crippen molar-refractivity contribution in [3.05, 3.63) is 40.3 Å². The van der Waals surface area contributed by atoms with E-state index in [1.54, 1.807) is 18.4 Å². The van der Waals surface area contributed by atoms with E-state index in [1.807, 2.05) is 24.3 Å². The highest BCUT2D eigenvalue weighted by atomic mass is 32.1. The van der Waals surface area contributed by atoms with E-state index in [9.17, 15) is 9.59 Å². The molecule has 0 saturated carbocycles. The molecule has 0 bridgehead atoms. The summed E-state index contributed by atoms with van der Waals surface area (Å²) in [7, 11) is 1.61.